The normalized spacial score (nSPS) is 33.7. The molecular formula is C21H44Si2. The summed E-state index contributed by atoms with van der Waals surface area (Å²) in [6.45, 7) is 26.1. The maximum absolute atomic E-state index is 2.72. The lowest BCUT2D eigenvalue weighted by atomic mass is 9.81. The number of fused-ring (bicyclic) bond motifs is 1. The Labute approximate surface area is 149 Å². The SMILES string of the molecule is CC(C)(C)[Si](C)(C)C1CC([Si](C)(C)C(C)(C)C)C2CCCCC21. The van der Waals surface area contributed by atoms with Gasteiger partial charge in [0.05, 0.1) is 16.1 Å². The standard InChI is InChI=1S/C21H44Si2/c1-20(2,3)22(7,8)18-15-19(23(9,10)21(4,5)6)17-14-12-11-13-16(17)18/h16-19H,11-15H2,1-10H3. The van der Waals surface area contributed by atoms with Crippen LogP contribution in [-0.4, -0.2) is 16.1 Å². The first kappa shape index (κ1) is 19.8. The second-order valence-electron chi connectivity index (χ2n) is 12.0. The van der Waals surface area contributed by atoms with Crippen molar-refractivity contribution in [2.75, 3.05) is 0 Å². The van der Waals surface area contributed by atoms with E-state index < -0.39 is 16.1 Å². The number of hydrogen-bond acceptors (Lipinski definition) is 0. The average Bonchev–Trinajstić information content (AvgIpc) is 2.76. The Bertz CT molecular complexity index is 382. The van der Waals surface area contributed by atoms with Crippen molar-refractivity contribution in [1.82, 2.24) is 0 Å². The zero-order valence-corrected chi connectivity index (χ0v) is 19.8. The summed E-state index contributed by atoms with van der Waals surface area (Å²) in [5.41, 5.74) is 2.15. The largest absolute Gasteiger partial charge is 0.0688 e. The van der Waals surface area contributed by atoms with Gasteiger partial charge in [-0.3, -0.25) is 0 Å². The van der Waals surface area contributed by atoms with Crippen molar-refractivity contribution in [3.8, 4) is 0 Å². The van der Waals surface area contributed by atoms with Crippen molar-refractivity contribution in [1.29, 1.82) is 0 Å². The second-order valence-corrected chi connectivity index (χ2v) is 23.4. The van der Waals surface area contributed by atoms with Crippen LogP contribution in [0.2, 0.25) is 47.3 Å². The molecule has 0 bridgehead atoms. The van der Waals surface area contributed by atoms with Crippen LogP contribution in [0.15, 0.2) is 0 Å². The molecule has 136 valence electrons. The topological polar surface area (TPSA) is 0 Å². The van der Waals surface area contributed by atoms with E-state index in [0.717, 1.165) is 22.9 Å². The summed E-state index contributed by atoms with van der Waals surface area (Å²) in [5.74, 6) is 2.15. The molecule has 0 nitrogen and oxygen atoms in total. The van der Waals surface area contributed by atoms with Crippen LogP contribution >= 0.6 is 0 Å². The Morgan fingerprint density at radius 3 is 1.17 bits per heavy atom. The van der Waals surface area contributed by atoms with Crippen molar-refractivity contribution >= 4 is 16.1 Å². The van der Waals surface area contributed by atoms with Gasteiger partial charge in [0.1, 0.15) is 0 Å². The monoisotopic (exact) mass is 352 g/mol. The van der Waals surface area contributed by atoms with Crippen molar-refractivity contribution in [2.45, 2.75) is 121 Å². The molecule has 23 heavy (non-hydrogen) atoms. The Hall–Kier alpha value is 0.434. The summed E-state index contributed by atoms with van der Waals surface area (Å²) in [4.78, 5) is 0. The summed E-state index contributed by atoms with van der Waals surface area (Å²) in [6.07, 6.45) is 7.70. The van der Waals surface area contributed by atoms with Crippen LogP contribution in [0, 0.1) is 11.8 Å². The van der Waals surface area contributed by atoms with Gasteiger partial charge >= 0.3 is 0 Å². The van der Waals surface area contributed by atoms with E-state index in [-0.39, 0.29) is 0 Å². The Morgan fingerprint density at radius 2 is 0.913 bits per heavy atom. The lowest BCUT2D eigenvalue weighted by molar-refractivity contribution is 0.269. The second kappa shape index (κ2) is 6.00. The van der Waals surface area contributed by atoms with Crippen molar-refractivity contribution in [3.63, 3.8) is 0 Å². The average molecular weight is 353 g/mol. The molecule has 2 aliphatic rings. The predicted octanol–water partition coefficient (Wildman–Crippen LogP) is 7.95. The molecule has 0 spiro atoms. The van der Waals surface area contributed by atoms with Gasteiger partial charge in [-0.15, -0.1) is 0 Å². The minimum Gasteiger partial charge on any atom is -0.0688 e. The molecule has 0 saturated heterocycles. The van der Waals surface area contributed by atoms with Crippen molar-refractivity contribution in [2.24, 2.45) is 11.8 Å². The van der Waals surface area contributed by atoms with E-state index in [2.05, 4.69) is 67.7 Å². The van der Waals surface area contributed by atoms with Crippen LogP contribution in [0.25, 0.3) is 0 Å². The fourth-order valence-electron chi connectivity index (χ4n) is 5.58. The molecule has 2 rings (SSSR count). The van der Waals surface area contributed by atoms with Gasteiger partial charge in [-0.05, 0) is 33.0 Å². The van der Waals surface area contributed by atoms with Crippen LogP contribution in [0.3, 0.4) is 0 Å². The minimum atomic E-state index is -1.24. The summed E-state index contributed by atoms with van der Waals surface area (Å²) in [5, 5.41) is 1.09. The molecule has 0 amide bonds. The molecule has 2 fully saturated rings. The summed E-state index contributed by atoms with van der Waals surface area (Å²) in [6, 6.07) is 0. The molecule has 0 aromatic rings. The highest BCUT2D eigenvalue weighted by atomic mass is 28.3. The molecule has 0 aromatic carbocycles. The van der Waals surface area contributed by atoms with Gasteiger partial charge in [-0.1, -0.05) is 99.8 Å². The Kier molecular flexibility index (Phi) is 5.16. The van der Waals surface area contributed by atoms with Gasteiger partial charge in [-0.25, -0.2) is 0 Å². The Morgan fingerprint density at radius 1 is 0.609 bits per heavy atom. The molecule has 0 heterocycles. The van der Waals surface area contributed by atoms with Crippen LogP contribution in [0.5, 0.6) is 0 Å². The lowest BCUT2D eigenvalue weighted by Gasteiger charge is -2.46. The van der Waals surface area contributed by atoms with E-state index in [0.29, 0.717) is 10.1 Å². The molecular weight excluding hydrogens is 308 g/mol. The first-order valence-corrected chi connectivity index (χ1v) is 16.4. The first-order valence-electron chi connectivity index (χ1n) is 10.2. The zero-order valence-electron chi connectivity index (χ0n) is 17.8. The molecule has 2 saturated carbocycles. The van der Waals surface area contributed by atoms with E-state index in [1.165, 1.54) is 12.8 Å². The maximum atomic E-state index is 2.72. The van der Waals surface area contributed by atoms with Gasteiger partial charge < -0.3 is 0 Å². The molecule has 2 aliphatic carbocycles. The highest BCUT2D eigenvalue weighted by molar-refractivity contribution is 6.83. The molecule has 4 unspecified atom stereocenters. The van der Waals surface area contributed by atoms with E-state index in [1.807, 2.05) is 0 Å². The third kappa shape index (κ3) is 3.28. The lowest BCUT2D eigenvalue weighted by Crippen LogP contribution is -2.44. The molecule has 0 aliphatic heterocycles. The highest BCUT2D eigenvalue weighted by Gasteiger charge is 2.58. The van der Waals surface area contributed by atoms with Crippen molar-refractivity contribution in [3.05, 3.63) is 0 Å². The van der Waals surface area contributed by atoms with Gasteiger partial charge in [0, 0.05) is 0 Å². The first-order chi connectivity index (χ1) is 10.2. The van der Waals surface area contributed by atoms with Crippen LogP contribution < -0.4 is 0 Å². The number of rotatable bonds is 2. The molecule has 0 radical (unpaired) electrons. The third-order valence-corrected chi connectivity index (χ3v) is 21.9. The van der Waals surface area contributed by atoms with Gasteiger partial charge in [0.2, 0.25) is 0 Å². The van der Waals surface area contributed by atoms with Crippen LogP contribution in [0.4, 0.5) is 0 Å². The van der Waals surface area contributed by atoms with E-state index >= 15 is 0 Å². The summed E-state index contributed by atoms with van der Waals surface area (Å²) in [7, 11) is -2.48. The van der Waals surface area contributed by atoms with Crippen LogP contribution in [-0.2, 0) is 0 Å². The minimum absolute atomic E-state index is 0.544. The van der Waals surface area contributed by atoms with Gasteiger partial charge in [0.15, 0.2) is 0 Å². The fraction of sp³-hybridized carbons (Fsp3) is 1.00. The Balaban J connectivity index is 2.39. The molecule has 4 atom stereocenters. The van der Waals surface area contributed by atoms with Crippen LogP contribution in [0.1, 0.15) is 73.6 Å². The highest BCUT2D eigenvalue weighted by Crippen LogP contribution is 2.66. The summed E-state index contributed by atoms with van der Waals surface area (Å²) < 4.78 is 0. The predicted molar refractivity (Wildman–Crippen MR) is 112 cm³/mol. The van der Waals surface area contributed by atoms with Gasteiger partial charge in [-0.2, -0.15) is 0 Å². The third-order valence-electron chi connectivity index (χ3n) is 9.14. The fourth-order valence-corrected chi connectivity index (χ4v) is 12.7. The van der Waals surface area contributed by atoms with E-state index in [9.17, 15) is 0 Å². The quantitative estimate of drug-likeness (QED) is 0.442. The summed E-state index contributed by atoms with van der Waals surface area (Å²) >= 11 is 0. The van der Waals surface area contributed by atoms with Gasteiger partial charge in [0.25, 0.3) is 0 Å². The smallest absolute Gasteiger partial charge is 0.0561 e. The molecule has 0 aromatic heterocycles. The zero-order chi connectivity index (χ0) is 17.8. The van der Waals surface area contributed by atoms with Crippen molar-refractivity contribution < 1.29 is 0 Å². The van der Waals surface area contributed by atoms with E-state index in [1.54, 1.807) is 19.3 Å². The number of hydrogen-bond donors (Lipinski definition) is 0. The maximum Gasteiger partial charge on any atom is 0.0561 e. The van der Waals surface area contributed by atoms with E-state index in [4.69, 9.17) is 0 Å². The molecule has 2 heteroatoms. The molecule has 0 N–H and O–H groups in total.